The minimum absolute atomic E-state index is 0.0107. The molecule has 3 aliphatic rings. The Bertz CT molecular complexity index is 1390. The molecule has 0 saturated carbocycles. The molecule has 0 radical (unpaired) electrons. The highest BCUT2D eigenvalue weighted by Gasteiger charge is 2.58. The monoisotopic (exact) mass is 480 g/mol. The lowest BCUT2D eigenvalue weighted by Gasteiger charge is -2.47. The third-order valence-electron chi connectivity index (χ3n) is 9.19. The Hall–Kier alpha value is -3.40. The molecule has 2 unspecified atom stereocenters. The summed E-state index contributed by atoms with van der Waals surface area (Å²) in [7, 11) is 6.13. The van der Waals surface area contributed by atoms with Crippen molar-refractivity contribution in [2.45, 2.75) is 56.7 Å². The van der Waals surface area contributed by atoms with Crippen molar-refractivity contribution in [3.05, 3.63) is 89.5 Å². The van der Waals surface area contributed by atoms with E-state index in [9.17, 15) is 0 Å². The van der Waals surface area contributed by atoms with Crippen molar-refractivity contribution in [2.75, 3.05) is 31.0 Å². The Kier molecular flexibility index (Phi) is 4.83. The Balaban J connectivity index is 1.51. The average Bonchev–Trinajstić information content (AvgIpc) is 3.17. The summed E-state index contributed by atoms with van der Waals surface area (Å²) in [5, 5.41) is 0. The maximum atomic E-state index is 7.01. The van der Waals surface area contributed by atoms with E-state index in [1.54, 1.807) is 7.11 Å². The topological polar surface area (TPSA) is 24.9 Å². The van der Waals surface area contributed by atoms with E-state index in [0.29, 0.717) is 6.04 Å². The molecule has 3 aromatic rings. The summed E-state index contributed by atoms with van der Waals surface area (Å²) in [6, 6.07) is 24.1. The van der Waals surface area contributed by atoms with Gasteiger partial charge in [-0.25, -0.2) is 0 Å². The van der Waals surface area contributed by atoms with E-state index in [0.717, 1.165) is 23.5 Å². The van der Waals surface area contributed by atoms with Gasteiger partial charge in [-0.3, -0.25) is 0 Å². The molecule has 3 aromatic carbocycles. The normalized spacial score (nSPS) is 24.6. The van der Waals surface area contributed by atoms with E-state index in [1.807, 2.05) is 6.07 Å². The first-order valence-electron chi connectivity index (χ1n) is 12.9. The Morgan fingerprint density at radius 3 is 2.19 bits per heavy atom. The molecule has 0 aromatic heterocycles. The third kappa shape index (κ3) is 2.87. The zero-order valence-electron chi connectivity index (χ0n) is 22.4. The van der Waals surface area contributed by atoms with Crippen LogP contribution in [0.15, 0.2) is 72.8 Å². The Labute approximate surface area is 215 Å². The van der Waals surface area contributed by atoms with Gasteiger partial charge in [0, 0.05) is 42.5 Å². The molecule has 2 atom stereocenters. The zero-order chi connectivity index (χ0) is 25.5. The van der Waals surface area contributed by atoms with Gasteiger partial charge in [-0.1, -0.05) is 50.2 Å². The third-order valence-corrected chi connectivity index (χ3v) is 9.19. The number of anilines is 2. The highest BCUT2D eigenvalue weighted by Crippen LogP contribution is 2.57. The number of fused-ring (bicyclic) bond motifs is 3. The van der Waals surface area contributed by atoms with Crippen LogP contribution in [0, 0.1) is 0 Å². The van der Waals surface area contributed by atoms with Crippen molar-refractivity contribution in [3.8, 4) is 11.5 Å². The van der Waals surface area contributed by atoms with Crippen LogP contribution in [-0.4, -0.2) is 33.0 Å². The van der Waals surface area contributed by atoms with E-state index in [1.165, 1.54) is 28.1 Å². The van der Waals surface area contributed by atoms with Gasteiger partial charge in [0.1, 0.15) is 11.5 Å². The van der Waals surface area contributed by atoms with Crippen LogP contribution in [0.1, 0.15) is 50.8 Å². The number of likely N-dealkylation sites (N-methyl/N-ethyl adjacent to an activating group) is 2. The SMILES string of the molecule is COc1ccc2c(c1)C(CC1N(C)c3ccccc3C1(C)C)=CC1(O2)N(C)c2ccccc2C1(C)C. The summed E-state index contributed by atoms with van der Waals surface area (Å²) in [5.41, 5.74) is 6.84. The number of ether oxygens (including phenoxy) is 2. The average molecular weight is 481 g/mol. The van der Waals surface area contributed by atoms with E-state index >= 15 is 0 Å². The van der Waals surface area contributed by atoms with E-state index < -0.39 is 5.72 Å². The lowest BCUT2D eigenvalue weighted by atomic mass is 9.73. The van der Waals surface area contributed by atoms with Crippen molar-refractivity contribution in [2.24, 2.45) is 0 Å². The molecule has 4 heteroatoms. The van der Waals surface area contributed by atoms with Crippen molar-refractivity contribution in [1.29, 1.82) is 0 Å². The summed E-state index contributed by atoms with van der Waals surface area (Å²) in [6.07, 6.45) is 3.31. The van der Waals surface area contributed by atoms with Crippen molar-refractivity contribution < 1.29 is 9.47 Å². The fraction of sp³-hybridized carbons (Fsp3) is 0.375. The lowest BCUT2D eigenvalue weighted by molar-refractivity contribution is 0.0570. The van der Waals surface area contributed by atoms with Crippen LogP contribution in [0.25, 0.3) is 5.57 Å². The molecular weight excluding hydrogens is 444 g/mol. The predicted molar refractivity (Wildman–Crippen MR) is 148 cm³/mol. The van der Waals surface area contributed by atoms with Crippen LogP contribution in [0.2, 0.25) is 0 Å². The number of hydrogen-bond donors (Lipinski definition) is 0. The van der Waals surface area contributed by atoms with Crippen molar-refractivity contribution in [1.82, 2.24) is 0 Å². The van der Waals surface area contributed by atoms with Crippen LogP contribution in [-0.2, 0) is 10.8 Å². The molecule has 0 amide bonds. The van der Waals surface area contributed by atoms with Gasteiger partial charge in [0.2, 0.25) is 5.72 Å². The standard InChI is InChI=1S/C32H36N2O2/c1-30(2)24-12-8-10-14-26(24)33(5)29(30)18-21-20-32(36-28-17-16-22(35-7)19-23(21)28)31(3,4)25-13-9-11-15-27(25)34(32)6/h8-17,19-20,29H,18H2,1-7H3. The first kappa shape index (κ1) is 23.0. The maximum Gasteiger partial charge on any atom is 0.212 e. The molecule has 3 aliphatic heterocycles. The zero-order valence-corrected chi connectivity index (χ0v) is 22.4. The quantitative estimate of drug-likeness (QED) is 0.412. The van der Waals surface area contributed by atoms with Crippen LogP contribution in [0.3, 0.4) is 0 Å². The number of methoxy groups -OCH3 is 1. The summed E-state index contributed by atoms with van der Waals surface area (Å²) in [6.45, 7) is 9.37. The minimum atomic E-state index is -0.623. The van der Waals surface area contributed by atoms with Gasteiger partial charge in [-0.2, -0.15) is 0 Å². The second kappa shape index (κ2) is 7.55. The van der Waals surface area contributed by atoms with Gasteiger partial charge >= 0.3 is 0 Å². The molecule has 0 N–H and O–H groups in total. The molecular formula is C32H36N2O2. The Morgan fingerprint density at radius 2 is 1.53 bits per heavy atom. The maximum absolute atomic E-state index is 7.01. The van der Waals surface area contributed by atoms with E-state index in [4.69, 9.17) is 9.47 Å². The summed E-state index contributed by atoms with van der Waals surface area (Å²) < 4.78 is 12.6. The molecule has 186 valence electrons. The predicted octanol–water partition coefficient (Wildman–Crippen LogP) is 6.78. The molecule has 0 saturated heterocycles. The molecule has 0 aliphatic carbocycles. The summed E-state index contributed by atoms with van der Waals surface area (Å²) in [5.74, 6) is 1.76. The van der Waals surface area contributed by atoms with E-state index in [-0.39, 0.29) is 10.8 Å². The molecule has 4 nitrogen and oxygen atoms in total. The van der Waals surface area contributed by atoms with Gasteiger partial charge in [0.25, 0.3) is 0 Å². The highest BCUT2D eigenvalue weighted by atomic mass is 16.5. The van der Waals surface area contributed by atoms with Crippen LogP contribution in [0.5, 0.6) is 11.5 Å². The fourth-order valence-corrected chi connectivity index (χ4v) is 6.97. The molecule has 0 fully saturated rings. The largest absolute Gasteiger partial charge is 0.497 e. The van der Waals surface area contributed by atoms with Gasteiger partial charge in [0.15, 0.2) is 0 Å². The van der Waals surface area contributed by atoms with E-state index in [2.05, 4.69) is 118 Å². The van der Waals surface area contributed by atoms with Crippen LogP contribution in [0.4, 0.5) is 11.4 Å². The second-order valence-corrected chi connectivity index (χ2v) is 11.6. The molecule has 1 spiro atoms. The number of nitrogens with zero attached hydrogens (tertiary/aromatic N) is 2. The first-order chi connectivity index (χ1) is 17.1. The lowest BCUT2D eigenvalue weighted by Crippen LogP contribution is -2.58. The molecule has 36 heavy (non-hydrogen) atoms. The van der Waals surface area contributed by atoms with Gasteiger partial charge in [-0.15, -0.1) is 0 Å². The number of rotatable bonds is 3. The number of benzene rings is 3. The van der Waals surface area contributed by atoms with Gasteiger partial charge < -0.3 is 19.3 Å². The Morgan fingerprint density at radius 1 is 0.861 bits per heavy atom. The number of para-hydroxylation sites is 2. The smallest absolute Gasteiger partial charge is 0.212 e. The van der Waals surface area contributed by atoms with Gasteiger partial charge in [-0.05, 0) is 73.4 Å². The molecule has 3 heterocycles. The van der Waals surface area contributed by atoms with Crippen molar-refractivity contribution >= 4 is 16.9 Å². The van der Waals surface area contributed by atoms with Crippen LogP contribution < -0.4 is 19.3 Å². The molecule has 6 rings (SSSR count). The highest BCUT2D eigenvalue weighted by molar-refractivity contribution is 5.80. The second-order valence-electron chi connectivity index (χ2n) is 11.6. The van der Waals surface area contributed by atoms with Crippen molar-refractivity contribution in [3.63, 3.8) is 0 Å². The summed E-state index contributed by atoms with van der Waals surface area (Å²) >= 11 is 0. The number of hydrogen-bond acceptors (Lipinski definition) is 4. The fourth-order valence-electron chi connectivity index (χ4n) is 6.97. The summed E-state index contributed by atoms with van der Waals surface area (Å²) in [4.78, 5) is 4.80. The first-order valence-corrected chi connectivity index (χ1v) is 12.9. The van der Waals surface area contributed by atoms with Gasteiger partial charge in [0.05, 0.1) is 12.5 Å². The molecule has 0 bridgehead atoms. The minimum Gasteiger partial charge on any atom is -0.497 e. The van der Waals surface area contributed by atoms with Crippen LogP contribution >= 0.6 is 0 Å².